The van der Waals surface area contributed by atoms with Crippen molar-refractivity contribution in [3.05, 3.63) is 29.4 Å². The van der Waals surface area contributed by atoms with Crippen LogP contribution in [0.1, 0.15) is 23.3 Å². The third kappa shape index (κ3) is 2.68. The lowest BCUT2D eigenvalue weighted by molar-refractivity contribution is 0.0930. The van der Waals surface area contributed by atoms with Crippen LogP contribution in [0.4, 0.5) is 0 Å². The number of aromatic nitrogens is 1. The Morgan fingerprint density at radius 1 is 1.48 bits per heavy atom. The number of pyridine rings is 1. The Hall–Kier alpha value is -1.46. The SMILES string of the molecule is O=C(NC[C@H]1CC2CCN(C2)C1)c1cc2sccc2cn1. The molecular formula is C16H19N3OS. The van der Waals surface area contributed by atoms with E-state index in [0.29, 0.717) is 11.6 Å². The lowest BCUT2D eigenvalue weighted by Gasteiger charge is -2.29. The van der Waals surface area contributed by atoms with E-state index in [9.17, 15) is 4.79 Å². The molecule has 0 saturated carbocycles. The molecule has 4 nitrogen and oxygen atoms in total. The van der Waals surface area contributed by atoms with Gasteiger partial charge in [0.25, 0.3) is 5.91 Å². The predicted molar refractivity (Wildman–Crippen MR) is 84.6 cm³/mol. The number of carbonyl (C=O) groups excluding carboxylic acids is 1. The van der Waals surface area contributed by atoms with Crippen molar-refractivity contribution in [3.8, 4) is 0 Å². The quantitative estimate of drug-likeness (QED) is 0.946. The predicted octanol–water partition coefficient (Wildman–Crippen LogP) is 2.37. The molecule has 2 bridgehead atoms. The summed E-state index contributed by atoms with van der Waals surface area (Å²) in [6.45, 7) is 4.41. The molecule has 21 heavy (non-hydrogen) atoms. The number of carbonyl (C=O) groups is 1. The Morgan fingerprint density at radius 3 is 3.33 bits per heavy atom. The minimum atomic E-state index is -0.0433. The lowest BCUT2D eigenvalue weighted by atomic mass is 9.91. The number of rotatable bonds is 3. The molecule has 2 aromatic rings. The summed E-state index contributed by atoms with van der Waals surface area (Å²) in [7, 11) is 0. The van der Waals surface area contributed by atoms with Gasteiger partial charge in [-0.2, -0.15) is 0 Å². The Kier molecular flexibility index (Phi) is 3.39. The summed E-state index contributed by atoms with van der Waals surface area (Å²) < 4.78 is 1.12. The molecule has 3 atom stereocenters. The van der Waals surface area contributed by atoms with Gasteiger partial charge in [0.15, 0.2) is 0 Å². The summed E-state index contributed by atoms with van der Waals surface area (Å²) in [5, 5.41) is 6.20. The lowest BCUT2D eigenvalue weighted by Crippen LogP contribution is -2.39. The van der Waals surface area contributed by atoms with Gasteiger partial charge in [-0.25, -0.2) is 0 Å². The second-order valence-corrected chi connectivity index (χ2v) is 7.20. The largest absolute Gasteiger partial charge is 0.350 e. The standard InChI is InChI=1S/C16H19N3OS/c20-16(14-6-15-13(8-17-14)2-4-21-15)18-7-12-5-11-1-3-19(9-11)10-12/h2,4,6,8,11-12H,1,3,5,7,9-10H2,(H,18,20)/t11?,12-/m1/s1. The summed E-state index contributed by atoms with van der Waals surface area (Å²) in [5.74, 6) is 1.40. The molecule has 0 aromatic carbocycles. The first-order chi connectivity index (χ1) is 10.3. The summed E-state index contributed by atoms with van der Waals surface area (Å²) in [6.07, 6.45) is 4.38. The zero-order chi connectivity index (χ0) is 14.2. The van der Waals surface area contributed by atoms with E-state index in [-0.39, 0.29) is 5.91 Å². The van der Waals surface area contributed by atoms with E-state index in [4.69, 9.17) is 0 Å². The first-order valence-electron chi connectivity index (χ1n) is 7.62. The number of nitrogens with zero attached hydrogens (tertiary/aromatic N) is 2. The molecule has 5 heteroatoms. The highest BCUT2D eigenvalue weighted by atomic mass is 32.1. The van der Waals surface area contributed by atoms with E-state index >= 15 is 0 Å². The smallest absolute Gasteiger partial charge is 0.269 e. The zero-order valence-electron chi connectivity index (χ0n) is 11.9. The molecule has 0 aliphatic carbocycles. The summed E-state index contributed by atoms with van der Waals surface area (Å²) in [4.78, 5) is 19.0. The van der Waals surface area contributed by atoms with E-state index in [1.807, 2.05) is 17.5 Å². The third-order valence-electron chi connectivity index (χ3n) is 4.67. The van der Waals surface area contributed by atoms with Crippen LogP contribution in [-0.4, -0.2) is 42.0 Å². The average molecular weight is 301 g/mol. The molecule has 2 aromatic heterocycles. The van der Waals surface area contributed by atoms with Crippen LogP contribution in [0.5, 0.6) is 0 Å². The van der Waals surface area contributed by atoms with Crippen LogP contribution in [0.3, 0.4) is 0 Å². The van der Waals surface area contributed by atoms with Gasteiger partial charge < -0.3 is 10.2 Å². The molecule has 2 aliphatic rings. The van der Waals surface area contributed by atoms with E-state index in [0.717, 1.165) is 29.1 Å². The monoisotopic (exact) mass is 301 g/mol. The molecule has 2 aliphatic heterocycles. The van der Waals surface area contributed by atoms with Crippen LogP contribution < -0.4 is 5.32 Å². The number of hydrogen-bond acceptors (Lipinski definition) is 4. The van der Waals surface area contributed by atoms with E-state index < -0.39 is 0 Å². The Balaban J connectivity index is 1.39. The molecule has 2 fully saturated rings. The fourth-order valence-electron chi connectivity index (χ4n) is 3.64. The highest BCUT2D eigenvalue weighted by Gasteiger charge is 2.32. The van der Waals surface area contributed by atoms with Crippen LogP contribution in [0.25, 0.3) is 10.1 Å². The fourth-order valence-corrected chi connectivity index (χ4v) is 4.43. The number of nitrogens with one attached hydrogen (secondary N) is 1. The maximum Gasteiger partial charge on any atom is 0.269 e. The van der Waals surface area contributed by atoms with E-state index in [2.05, 4.69) is 15.2 Å². The average Bonchev–Trinajstić information content (AvgIpc) is 3.10. The number of hydrogen-bond donors (Lipinski definition) is 1. The van der Waals surface area contributed by atoms with E-state index in [1.54, 1.807) is 17.5 Å². The molecule has 0 spiro atoms. The van der Waals surface area contributed by atoms with Gasteiger partial charge in [0.05, 0.1) is 0 Å². The molecule has 2 saturated heterocycles. The van der Waals surface area contributed by atoms with Gasteiger partial charge in [-0.1, -0.05) is 0 Å². The molecule has 110 valence electrons. The van der Waals surface area contributed by atoms with Crippen LogP contribution in [0.2, 0.25) is 0 Å². The third-order valence-corrected chi connectivity index (χ3v) is 5.55. The number of amides is 1. The van der Waals surface area contributed by atoms with Gasteiger partial charge >= 0.3 is 0 Å². The summed E-state index contributed by atoms with van der Waals surface area (Å²) >= 11 is 1.65. The molecular weight excluding hydrogens is 282 g/mol. The maximum atomic E-state index is 12.2. The van der Waals surface area contributed by atoms with Crippen LogP contribution in [-0.2, 0) is 0 Å². The van der Waals surface area contributed by atoms with Crippen molar-refractivity contribution in [2.45, 2.75) is 12.8 Å². The number of thiophene rings is 1. The van der Waals surface area contributed by atoms with Gasteiger partial charge in [0.1, 0.15) is 5.69 Å². The zero-order valence-corrected chi connectivity index (χ0v) is 12.7. The van der Waals surface area contributed by atoms with Crippen molar-refractivity contribution < 1.29 is 4.79 Å². The van der Waals surface area contributed by atoms with Crippen molar-refractivity contribution in [3.63, 3.8) is 0 Å². The van der Waals surface area contributed by atoms with Crippen molar-refractivity contribution >= 4 is 27.3 Å². The second kappa shape index (κ2) is 5.39. The van der Waals surface area contributed by atoms with Gasteiger partial charge in [-0.3, -0.25) is 9.78 Å². The Labute approximate surface area is 128 Å². The maximum absolute atomic E-state index is 12.2. The van der Waals surface area contributed by atoms with Crippen molar-refractivity contribution in [2.75, 3.05) is 26.2 Å². The van der Waals surface area contributed by atoms with Gasteiger partial charge in [-0.15, -0.1) is 11.3 Å². The minimum Gasteiger partial charge on any atom is -0.350 e. The molecule has 1 amide bonds. The summed E-state index contributed by atoms with van der Waals surface area (Å²) in [5.41, 5.74) is 0.532. The van der Waals surface area contributed by atoms with Crippen LogP contribution in [0.15, 0.2) is 23.7 Å². The highest BCUT2D eigenvalue weighted by molar-refractivity contribution is 7.17. The van der Waals surface area contributed by atoms with Crippen LogP contribution >= 0.6 is 11.3 Å². The Morgan fingerprint density at radius 2 is 2.43 bits per heavy atom. The first kappa shape index (κ1) is 13.2. The normalized spacial score (nSPS) is 27.9. The Bertz CT molecular complexity index is 656. The molecule has 4 heterocycles. The molecule has 0 radical (unpaired) electrons. The molecule has 4 rings (SSSR count). The highest BCUT2D eigenvalue weighted by Crippen LogP contribution is 2.29. The van der Waals surface area contributed by atoms with Crippen molar-refractivity contribution in [2.24, 2.45) is 11.8 Å². The summed E-state index contributed by atoms with van der Waals surface area (Å²) in [6, 6.07) is 3.92. The van der Waals surface area contributed by atoms with E-state index in [1.165, 1.54) is 25.9 Å². The van der Waals surface area contributed by atoms with Gasteiger partial charge in [0, 0.05) is 35.9 Å². The second-order valence-electron chi connectivity index (χ2n) is 6.25. The minimum absolute atomic E-state index is 0.0433. The van der Waals surface area contributed by atoms with Gasteiger partial charge in [-0.05, 0) is 48.7 Å². The fraction of sp³-hybridized carbons (Fsp3) is 0.500. The van der Waals surface area contributed by atoms with Gasteiger partial charge in [0.2, 0.25) is 0 Å². The van der Waals surface area contributed by atoms with Crippen molar-refractivity contribution in [1.82, 2.24) is 15.2 Å². The van der Waals surface area contributed by atoms with Crippen LogP contribution in [0, 0.1) is 11.8 Å². The first-order valence-corrected chi connectivity index (χ1v) is 8.50. The number of fused-ring (bicyclic) bond motifs is 3. The molecule has 2 unspecified atom stereocenters. The van der Waals surface area contributed by atoms with Crippen molar-refractivity contribution in [1.29, 1.82) is 0 Å². The number of piperidine rings is 1. The topological polar surface area (TPSA) is 45.2 Å². The molecule has 1 N–H and O–H groups in total.